The van der Waals surface area contributed by atoms with E-state index in [0.717, 1.165) is 17.3 Å². The van der Waals surface area contributed by atoms with Crippen LogP contribution < -0.4 is 0 Å². The summed E-state index contributed by atoms with van der Waals surface area (Å²) in [4.78, 5) is 0. The molecule has 0 spiro atoms. The van der Waals surface area contributed by atoms with E-state index < -0.39 is 11.2 Å². The van der Waals surface area contributed by atoms with Gasteiger partial charge in [0.05, 0.1) is 18.1 Å². The number of hydrogen-bond acceptors (Lipinski definition) is 4. The summed E-state index contributed by atoms with van der Waals surface area (Å²) in [6, 6.07) is 13.1. The van der Waals surface area contributed by atoms with Crippen molar-refractivity contribution < 1.29 is 0 Å². The fourth-order valence-corrected chi connectivity index (χ4v) is 1.72. The third kappa shape index (κ3) is 2.74. The molecule has 0 saturated carbocycles. The van der Waals surface area contributed by atoms with Crippen molar-refractivity contribution in [3.05, 3.63) is 35.9 Å². The molecule has 0 fully saturated rings. The Morgan fingerprint density at radius 1 is 1.00 bits per heavy atom. The molecule has 0 aliphatic heterocycles. The molecule has 0 saturated heterocycles. The van der Waals surface area contributed by atoms with Crippen LogP contribution in [-0.4, -0.2) is 5.25 Å². The number of hydrogen-bond donors (Lipinski definition) is 0. The van der Waals surface area contributed by atoms with Crippen LogP contribution in [-0.2, 0) is 0 Å². The number of nitriles is 3. The normalized spacial score (nSPS) is 12.9. The van der Waals surface area contributed by atoms with E-state index in [4.69, 9.17) is 15.8 Å². The highest BCUT2D eigenvalue weighted by molar-refractivity contribution is 8.04. The molecule has 0 bridgehead atoms. The molecule has 1 rings (SSSR count). The Kier molecular flexibility index (Phi) is 4.23. The highest BCUT2D eigenvalue weighted by Gasteiger charge is 2.23. The SMILES string of the molecule is N#CS[C@H](C#N)[C@@H](C#N)c1ccccc1. The molecule has 0 aliphatic rings. The van der Waals surface area contributed by atoms with Crippen LogP contribution in [0.1, 0.15) is 11.5 Å². The standard InChI is InChI=1S/C11H7N3S/c12-6-10(11(7-13)15-8-14)9-4-2-1-3-5-9/h1-5,10-11H/t10-,11+/m0/s1. The van der Waals surface area contributed by atoms with Crippen molar-refractivity contribution >= 4 is 11.8 Å². The highest BCUT2D eigenvalue weighted by atomic mass is 32.2. The molecule has 1 aromatic rings. The van der Waals surface area contributed by atoms with Crippen LogP contribution in [0.15, 0.2) is 30.3 Å². The zero-order valence-electron chi connectivity index (χ0n) is 7.79. The Bertz CT molecular complexity index is 436. The van der Waals surface area contributed by atoms with Gasteiger partial charge in [0.25, 0.3) is 0 Å². The Morgan fingerprint density at radius 3 is 2.13 bits per heavy atom. The Hall–Kier alpha value is -1.96. The van der Waals surface area contributed by atoms with E-state index in [0.29, 0.717) is 0 Å². The van der Waals surface area contributed by atoms with Crippen LogP contribution in [0.5, 0.6) is 0 Å². The van der Waals surface area contributed by atoms with E-state index in [1.165, 1.54) is 0 Å². The van der Waals surface area contributed by atoms with Crippen molar-refractivity contribution in [2.24, 2.45) is 0 Å². The van der Waals surface area contributed by atoms with Gasteiger partial charge in [0, 0.05) is 0 Å². The molecule has 0 aromatic heterocycles. The monoisotopic (exact) mass is 213 g/mol. The second kappa shape index (κ2) is 5.70. The van der Waals surface area contributed by atoms with Gasteiger partial charge in [-0.1, -0.05) is 30.3 Å². The first kappa shape index (κ1) is 11.1. The maximum absolute atomic E-state index is 8.98. The largest absolute Gasteiger partial charge is 0.198 e. The van der Waals surface area contributed by atoms with Gasteiger partial charge in [-0.2, -0.15) is 15.8 Å². The highest BCUT2D eigenvalue weighted by Crippen LogP contribution is 2.27. The van der Waals surface area contributed by atoms with Gasteiger partial charge in [0.1, 0.15) is 10.7 Å². The molecule has 15 heavy (non-hydrogen) atoms. The summed E-state index contributed by atoms with van der Waals surface area (Å²) in [5.74, 6) is -0.555. The predicted molar refractivity (Wildman–Crippen MR) is 57.4 cm³/mol. The molecule has 0 unspecified atom stereocenters. The van der Waals surface area contributed by atoms with Gasteiger partial charge >= 0.3 is 0 Å². The van der Waals surface area contributed by atoms with Crippen LogP contribution in [0.25, 0.3) is 0 Å². The molecular formula is C11H7N3S. The maximum Gasteiger partial charge on any atom is 0.134 e. The lowest BCUT2D eigenvalue weighted by Crippen LogP contribution is -2.11. The minimum atomic E-state index is -0.637. The lowest BCUT2D eigenvalue weighted by Gasteiger charge is -2.11. The topological polar surface area (TPSA) is 71.4 Å². The fourth-order valence-electron chi connectivity index (χ4n) is 1.20. The van der Waals surface area contributed by atoms with E-state index in [9.17, 15) is 0 Å². The number of nitrogens with zero attached hydrogens (tertiary/aromatic N) is 3. The maximum atomic E-state index is 8.98. The van der Waals surface area contributed by atoms with E-state index in [2.05, 4.69) is 6.07 Å². The average molecular weight is 213 g/mol. The zero-order chi connectivity index (χ0) is 11.1. The van der Waals surface area contributed by atoms with Crippen molar-refractivity contribution in [2.45, 2.75) is 11.2 Å². The summed E-state index contributed by atoms with van der Waals surface area (Å²) >= 11 is 0.826. The molecule has 0 heterocycles. The summed E-state index contributed by atoms with van der Waals surface area (Å²) < 4.78 is 0. The first-order valence-corrected chi connectivity index (χ1v) is 5.10. The molecule has 0 amide bonds. The van der Waals surface area contributed by atoms with Gasteiger partial charge in [-0.15, -0.1) is 0 Å². The third-order valence-corrected chi connectivity index (χ3v) is 2.64. The van der Waals surface area contributed by atoms with Gasteiger partial charge in [0.15, 0.2) is 0 Å². The lowest BCUT2D eigenvalue weighted by molar-refractivity contribution is 0.906. The van der Waals surface area contributed by atoms with Crippen LogP contribution in [0, 0.1) is 33.3 Å². The van der Waals surface area contributed by atoms with E-state index in [1.54, 1.807) is 12.1 Å². The predicted octanol–water partition coefficient (Wildman–Crippen LogP) is 2.40. The second-order valence-corrected chi connectivity index (χ2v) is 3.70. The van der Waals surface area contributed by atoms with Crippen molar-refractivity contribution in [3.8, 4) is 17.5 Å². The molecular weight excluding hydrogens is 206 g/mol. The summed E-state index contributed by atoms with van der Waals surface area (Å²) in [5, 5.41) is 27.6. The Balaban J connectivity index is 2.96. The van der Waals surface area contributed by atoms with Crippen LogP contribution in [0.4, 0.5) is 0 Å². The fraction of sp³-hybridized carbons (Fsp3) is 0.182. The quantitative estimate of drug-likeness (QED) is 0.723. The molecule has 0 radical (unpaired) electrons. The summed E-state index contributed by atoms with van der Waals surface area (Å²) in [7, 11) is 0. The van der Waals surface area contributed by atoms with Crippen LogP contribution in [0.3, 0.4) is 0 Å². The molecule has 0 aliphatic carbocycles. The zero-order valence-corrected chi connectivity index (χ0v) is 8.61. The summed E-state index contributed by atoms with van der Waals surface area (Å²) in [6.45, 7) is 0. The molecule has 1 aromatic carbocycles. The molecule has 3 nitrogen and oxygen atoms in total. The first-order chi connectivity index (χ1) is 7.33. The van der Waals surface area contributed by atoms with Crippen molar-refractivity contribution in [3.63, 3.8) is 0 Å². The molecule has 0 N–H and O–H groups in total. The van der Waals surface area contributed by atoms with Crippen LogP contribution in [0.2, 0.25) is 0 Å². The third-order valence-electron chi connectivity index (χ3n) is 1.91. The molecule has 72 valence electrons. The summed E-state index contributed by atoms with van der Waals surface area (Å²) in [6.07, 6.45) is 0. The van der Waals surface area contributed by atoms with Gasteiger partial charge in [0.2, 0.25) is 0 Å². The van der Waals surface area contributed by atoms with Gasteiger partial charge < -0.3 is 0 Å². The smallest absolute Gasteiger partial charge is 0.134 e. The van der Waals surface area contributed by atoms with Gasteiger partial charge in [-0.05, 0) is 17.3 Å². The molecule has 2 atom stereocenters. The Labute approximate surface area is 92.6 Å². The van der Waals surface area contributed by atoms with E-state index in [1.807, 2.05) is 29.7 Å². The van der Waals surface area contributed by atoms with Gasteiger partial charge in [-0.3, -0.25) is 0 Å². The lowest BCUT2D eigenvalue weighted by atomic mass is 9.98. The Morgan fingerprint density at radius 2 is 1.67 bits per heavy atom. The van der Waals surface area contributed by atoms with Crippen molar-refractivity contribution in [2.75, 3.05) is 0 Å². The van der Waals surface area contributed by atoms with Crippen LogP contribution >= 0.6 is 11.8 Å². The average Bonchev–Trinajstić information content (AvgIpc) is 2.30. The first-order valence-electron chi connectivity index (χ1n) is 4.22. The van der Waals surface area contributed by atoms with E-state index >= 15 is 0 Å². The van der Waals surface area contributed by atoms with Crippen molar-refractivity contribution in [1.29, 1.82) is 15.8 Å². The summed E-state index contributed by atoms with van der Waals surface area (Å²) in [5.41, 5.74) is 0.773. The van der Waals surface area contributed by atoms with Crippen molar-refractivity contribution in [1.82, 2.24) is 0 Å². The number of thioether (sulfide) groups is 1. The molecule has 4 heteroatoms. The number of rotatable bonds is 3. The number of benzene rings is 1. The minimum Gasteiger partial charge on any atom is -0.198 e. The van der Waals surface area contributed by atoms with E-state index in [-0.39, 0.29) is 0 Å². The number of thiocyanates is 1. The van der Waals surface area contributed by atoms with Gasteiger partial charge in [-0.25, -0.2) is 0 Å². The second-order valence-electron chi connectivity index (χ2n) is 2.78. The minimum absolute atomic E-state index is 0.555.